The number of phenolic OH excluding ortho intramolecular Hbond substituents is 1. The number of rotatable bonds is 6. The zero-order chi connectivity index (χ0) is 23.0. The molecule has 10 heteroatoms. The van der Waals surface area contributed by atoms with Crippen LogP contribution in [-0.4, -0.2) is 70.0 Å². The first-order valence-corrected chi connectivity index (χ1v) is 9.76. The van der Waals surface area contributed by atoms with Gasteiger partial charge in [0, 0.05) is 17.7 Å². The molecule has 0 amide bonds. The van der Waals surface area contributed by atoms with Gasteiger partial charge in [0.25, 0.3) is 0 Å². The Balaban J connectivity index is 1.77. The Morgan fingerprint density at radius 3 is 2.50 bits per heavy atom. The smallest absolute Gasteiger partial charge is 0.229 e. The largest absolute Gasteiger partial charge is 0.504 e. The molecule has 5 N–H and O–H groups in total. The molecule has 1 fully saturated rings. The van der Waals surface area contributed by atoms with Crippen LogP contribution in [0.1, 0.15) is 0 Å². The van der Waals surface area contributed by atoms with Crippen LogP contribution in [0, 0.1) is 0 Å². The van der Waals surface area contributed by atoms with Crippen molar-refractivity contribution in [3.8, 4) is 28.6 Å². The molecular weight excluding hydrogens is 424 g/mol. The Kier molecular flexibility index (Phi) is 6.04. The number of hydrogen-bond acceptors (Lipinski definition) is 10. The third kappa shape index (κ3) is 3.78. The molecule has 5 atom stereocenters. The Bertz CT molecular complexity index is 1160. The van der Waals surface area contributed by atoms with Crippen molar-refractivity contribution < 1.29 is 44.2 Å². The van der Waals surface area contributed by atoms with E-state index in [1.165, 1.54) is 19.2 Å². The van der Waals surface area contributed by atoms with Crippen LogP contribution in [0.15, 0.2) is 51.7 Å². The van der Waals surface area contributed by atoms with Crippen LogP contribution < -0.4 is 14.9 Å². The summed E-state index contributed by atoms with van der Waals surface area (Å²) in [6.45, 7) is -0.700. The van der Waals surface area contributed by atoms with Gasteiger partial charge in [0.2, 0.25) is 12.0 Å². The van der Waals surface area contributed by atoms with Gasteiger partial charge in [0.05, 0.1) is 13.7 Å². The lowest BCUT2D eigenvalue weighted by Crippen LogP contribution is -2.40. The summed E-state index contributed by atoms with van der Waals surface area (Å²) >= 11 is 0. The summed E-state index contributed by atoms with van der Waals surface area (Å²) in [5.74, 6) is -0.624. The number of aliphatic hydroxyl groups is 4. The second-order valence-corrected chi connectivity index (χ2v) is 7.29. The van der Waals surface area contributed by atoms with Crippen molar-refractivity contribution in [2.45, 2.75) is 30.7 Å². The number of benzene rings is 2. The average molecular weight is 446 g/mol. The quantitative estimate of drug-likeness (QED) is 0.358. The number of aliphatic hydroxyl groups excluding tert-OH is 4. The van der Waals surface area contributed by atoms with E-state index in [0.29, 0.717) is 5.56 Å². The topological polar surface area (TPSA) is 159 Å². The summed E-state index contributed by atoms with van der Waals surface area (Å²) in [4.78, 5) is 12.7. The minimum absolute atomic E-state index is 0.00960. The van der Waals surface area contributed by atoms with Gasteiger partial charge in [-0.2, -0.15) is 0 Å². The van der Waals surface area contributed by atoms with Crippen molar-refractivity contribution >= 4 is 11.0 Å². The summed E-state index contributed by atoms with van der Waals surface area (Å²) in [6.07, 6.45) is -7.34. The maximum atomic E-state index is 12.7. The van der Waals surface area contributed by atoms with E-state index in [4.69, 9.17) is 23.7 Å². The SMILES string of the molecule is COc1c(OC2OC(C(O)CO)C(O)C2O)cc2oc(-c3ccccc3)cc(=O)c2c1O. The van der Waals surface area contributed by atoms with Crippen molar-refractivity contribution in [1.82, 2.24) is 0 Å². The van der Waals surface area contributed by atoms with Crippen LogP contribution in [0.3, 0.4) is 0 Å². The molecule has 3 aromatic rings. The van der Waals surface area contributed by atoms with Crippen molar-refractivity contribution in [2.24, 2.45) is 0 Å². The number of methoxy groups -OCH3 is 1. The molecule has 0 spiro atoms. The zero-order valence-electron chi connectivity index (χ0n) is 16.9. The van der Waals surface area contributed by atoms with E-state index in [1.807, 2.05) is 6.07 Å². The monoisotopic (exact) mass is 446 g/mol. The van der Waals surface area contributed by atoms with Gasteiger partial charge >= 0.3 is 0 Å². The summed E-state index contributed by atoms with van der Waals surface area (Å²) in [5.41, 5.74) is 0.124. The molecule has 1 aliphatic heterocycles. The molecule has 0 aliphatic carbocycles. The molecule has 1 aromatic heterocycles. The molecule has 0 bridgehead atoms. The Labute approximate surface area is 181 Å². The standard InChI is InChI=1S/C22H22O10/c1-29-21-15(31-22-19(28)18(27)20(32-22)12(25)9-23)8-14-16(17(21)26)11(24)7-13(30-14)10-5-3-2-4-6-10/h2-8,12,18-20,22-23,25-28H,9H2,1H3. The minimum Gasteiger partial charge on any atom is -0.504 e. The van der Waals surface area contributed by atoms with E-state index in [2.05, 4.69) is 0 Å². The molecule has 0 radical (unpaired) electrons. The highest BCUT2D eigenvalue weighted by Gasteiger charge is 2.47. The fourth-order valence-electron chi connectivity index (χ4n) is 3.61. The van der Waals surface area contributed by atoms with Crippen molar-refractivity contribution in [1.29, 1.82) is 0 Å². The van der Waals surface area contributed by atoms with Gasteiger partial charge in [-0.1, -0.05) is 30.3 Å². The first kappa shape index (κ1) is 22.1. The molecule has 5 unspecified atom stereocenters. The molecule has 1 aliphatic rings. The second kappa shape index (κ2) is 8.77. The summed E-state index contributed by atoms with van der Waals surface area (Å²) in [5, 5.41) is 49.7. The highest BCUT2D eigenvalue weighted by atomic mass is 16.7. The molecule has 2 heterocycles. The van der Waals surface area contributed by atoms with E-state index in [1.54, 1.807) is 24.3 Å². The Hall–Kier alpha value is -3.15. The van der Waals surface area contributed by atoms with Gasteiger partial charge in [0.15, 0.2) is 16.9 Å². The van der Waals surface area contributed by atoms with Gasteiger partial charge in [-0.15, -0.1) is 0 Å². The van der Waals surface area contributed by atoms with Crippen LogP contribution in [0.4, 0.5) is 0 Å². The molecule has 4 rings (SSSR count). The first-order valence-electron chi connectivity index (χ1n) is 9.76. The predicted molar refractivity (Wildman–Crippen MR) is 111 cm³/mol. The molecule has 10 nitrogen and oxygen atoms in total. The fourth-order valence-corrected chi connectivity index (χ4v) is 3.61. The maximum Gasteiger partial charge on any atom is 0.229 e. The van der Waals surface area contributed by atoms with Crippen molar-refractivity contribution in [3.05, 3.63) is 52.7 Å². The van der Waals surface area contributed by atoms with Gasteiger partial charge in [-0.3, -0.25) is 4.79 Å². The first-order chi connectivity index (χ1) is 15.3. The van der Waals surface area contributed by atoms with Crippen LogP contribution in [-0.2, 0) is 4.74 Å². The maximum absolute atomic E-state index is 12.7. The minimum atomic E-state index is -1.58. The summed E-state index contributed by atoms with van der Waals surface area (Å²) in [6, 6.07) is 11.4. The Morgan fingerprint density at radius 2 is 1.84 bits per heavy atom. The van der Waals surface area contributed by atoms with Gasteiger partial charge in [-0.25, -0.2) is 0 Å². The average Bonchev–Trinajstić information content (AvgIpc) is 3.07. The number of fused-ring (bicyclic) bond motifs is 1. The third-order valence-corrected chi connectivity index (χ3v) is 5.24. The number of phenols is 1. The highest BCUT2D eigenvalue weighted by molar-refractivity contribution is 5.89. The van der Waals surface area contributed by atoms with Crippen LogP contribution in [0.5, 0.6) is 17.2 Å². The Morgan fingerprint density at radius 1 is 1.12 bits per heavy atom. The normalized spacial score (nSPS) is 23.9. The van der Waals surface area contributed by atoms with E-state index in [9.17, 15) is 25.2 Å². The van der Waals surface area contributed by atoms with E-state index in [-0.39, 0.29) is 28.2 Å². The van der Waals surface area contributed by atoms with Gasteiger partial charge < -0.3 is 44.2 Å². The molecule has 170 valence electrons. The number of aromatic hydroxyl groups is 1. The number of ether oxygens (including phenoxy) is 3. The van der Waals surface area contributed by atoms with Gasteiger partial charge in [0.1, 0.15) is 41.1 Å². The fraction of sp³-hybridized carbons (Fsp3) is 0.318. The van der Waals surface area contributed by atoms with Crippen LogP contribution in [0.25, 0.3) is 22.3 Å². The lowest BCUT2D eigenvalue weighted by Gasteiger charge is -2.20. The number of hydrogen-bond donors (Lipinski definition) is 5. The summed E-state index contributed by atoms with van der Waals surface area (Å²) < 4.78 is 22.0. The molecule has 0 saturated carbocycles. The molecule has 2 aromatic carbocycles. The van der Waals surface area contributed by atoms with Crippen LogP contribution in [0.2, 0.25) is 0 Å². The van der Waals surface area contributed by atoms with Gasteiger partial charge in [-0.05, 0) is 0 Å². The zero-order valence-corrected chi connectivity index (χ0v) is 16.9. The highest BCUT2D eigenvalue weighted by Crippen LogP contribution is 2.43. The lowest BCUT2D eigenvalue weighted by molar-refractivity contribution is -0.137. The predicted octanol–water partition coefficient (Wildman–Crippen LogP) is 0.353. The second-order valence-electron chi connectivity index (χ2n) is 7.29. The van der Waals surface area contributed by atoms with E-state index in [0.717, 1.165) is 0 Å². The van der Waals surface area contributed by atoms with Crippen molar-refractivity contribution in [3.63, 3.8) is 0 Å². The van der Waals surface area contributed by atoms with E-state index >= 15 is 0 Å². The third-order valence-electron chi connectivity index (χ3n) is 5.24. The van der Waals surface area contributed by atoms with Crippen molar-refractivity contribution in [2.75, 3.05) is 13.7 Å². The van der Waals surface area contributed by atoms with E-state index < -0.39 is 48.5 Å². The lowest BCUT2D eigenvalue weighted by atomic mass is 10.1. The molecule has 32 heavy (non-hydrogen) atoms. The summed E-state index contributed by atoms with van der Waals surface area (Å²) in [7, 11) is 1.24. The molecular formula is C22H22O10. The van der Waals surface area contributed by atoms with Crippen LogP contribution >= 0.6 is 0 Å². The molecule has 1 saturated heterocycles.